The summed E-state index contributed by atoms with van der Waals surface area (Å²) < 4.78 is 5.20. The molecule has 2 rings (SSSR count). The van der Waals surface area contributed by atoms with Crippen LogP contribution in [-0.2, 0) is 4.74 Å². The van der Waals surface area contributed by atoms with Crippen molar-refractivity contribution in [3.05, 3.63) is 59.1 Å². The zero-order valence-corrected chi connectivity index (χ0v) is 13.1. The maximum atomic E-state index is 12.3. The van der Waals surface area contributed by atoms with E-state index < -0.39 is 5.97 Å². The zero-order chi connectivity index (χ0) is 16.1. The summed E-state index contributed by atoms with van der Waals surface area (Å²) in [5, 5.41) is 10.0. The molecule has 4 heteroatoms. The number of benzene rings is 2. The fraction of sp³-hybridized carbons (Fsp3) is 0.167. The summed E-state index contributed by atoms with van der Waals surface area (Å²) in [5.74, 6) is -0.541. The highest BCUT2D eigenvalue weighted by atomic mass is 35.5. The average molecular weight is 317 g/mol. The van der Waals surface area contributed by atoms with Gasteiger partial charge in [-0.15, -0.1) is 0 Å². The number of aromatic hydroxyl groups is 1. The number of esters is 1. The van der Waals surface area contributed by atoms with Crippen LogP contribution in [0.3, 0.4) is 0 Å². The van der Waals surface area contributed by atoms with Crippen LogP contribution in [0.4, 0.5) is 0 Å². The van der Waals surface area contributed by atoms with Crippen LogP contribution in [0.15, 0.2) is 43.0 Å². The lowest BCUT2D eigenvalue weighted by Crippen LogP contribution is -2.08. The third-order valence-corrected chi connectivity index (χ3v) is 3.61. The molecule has 0 bridgehead atoms. The van der Waals surface area contributed by atoms with E-state index in [1.807, 2.05) is 31.2 Å². The standard InChI is InChI=1S/C18H17ClO3/c1-3-11-22-18(21)14-9-10-15(20)17(19)16(14)13-8-6-5-7-12(13)4-2/h4-10,20H,2-3,11H2,1H3. The normalized spacial score (nSPS) is 10.3. The maximum absolute atomic E-state index is 12.3. The molecule has 0 fully saturated rings. The van der Waals surface area contributed by atoms with E-state index in [1.54, 1.807) is 6.08 Å². The number of phenols is 1. The molecule has 0 aliphatic carbocycles. The molecule has 114 valence electrons. The fourth-order valence-corrected chi connectivity index (χ4v) is 2.44. The minimum atomic E-state index is -0.461. The summed E-state index contributed by atoms with van der Waals surface area (Å²) in [6.45, 7) is 6.03. The Hall–Kier alpha value is -2.26. The quantitative estimate of drug-likeness (QED) is 0.796. The van der Waals surface area contributed by atoms with Crippen molar-refractivity contribution in [2.24, 2.45) is 0 Å². The van der Waals surface area contributed by atoms with Gasteiger partial charge in [-0.25, -0.2) is 4.79 Å². The number of ether oxygens (including phenoxy) is 1. The SMILES string of the molecule is C=Cc1ccccc1-c1c(C(=O)OCCC)ccc(O)c1Cl. The Morgan fingerprint density at radius 3 is 2.73 bits per heavy atom. The number of rotatable bonds is 5. The van der Waals surface area contributed by atoms with Gasteiger partial charge in [0.1, 0.15) is 5.75 Å². The molecule has 22 heavy (non-hydrogen) atoms. The van der Waals surface area contributed by atoms with E-state index in [0.717, 1.165) is 17.5 Å². The van der Waals surface area contributed by atoms with Gasteiger partial charge in [-0.1, -0.05) is 55.4 Å². The smallest absolute Gasteiger partial charge is 0.338 e. The van der Waals surface area contributed by atoms with E-state index in [1.165, 1.54) is 12.1 Å². The van der Waals surface area contributed by atoms with E-state index in [9.17, 15) is 9.90 Å². The maximum Gasteiger partial charge on any atom is 0.338 e. The number of halogens is 1. The number of carbonyl (C=O) groups excluding carboxylic acids is 1. The van der Waals surface area contributed by atoms with E-state index >= 15 is 0 Å². The van der Waals surface area contributed by atoms with Crippen molar-refractivity contribution >= 4 is 23.6 Å². The lowest BCUT2D eigenvalue weighted by atomic mass is 9.95. The fourth-order valence-electron chi connectivity index (χ4n) is 2.17. The van der Waals surface area contributed by atoms with E-state index in [2.05, 4.69) is 6.58 Å². The highest BCUT2D eigenvalue weighted by Crippen LogP contribution is 2.39. The van der Waals surface area contributed by atoms with Crippen LogP contribution in [0.25, 0.3) is 17.2 Å². The first-order valence-electron chi connectivity index (χ1n) is 7.00. The van der Waals surface area contributed by atoms with Gasteiger partial charge in [0, 0.05) is 5.56 Å². The van der Waals surface area contributed by atoms with Crippen LogP contribution in [0.1, 0.15) is 29.3 Å². The minimum absolute atomic E-state index is 0.0810. The summed E-state index contributed by atoms with van der Waals surface area (Å²) in [6, 6.07) is 10.3. The molecule has 0 aromatic heterocycles. The summed E-state index contributed by atoms with van der Waals surface area (Å²) in [6.07, 6.45) is 2.41. The summed E-state index contributed by atoms with van der Waals surface area (Å²) in [5.41, 5.74) is 2.32. The molecule has 0 heterocycles. The molecular formula is C18H17ClO3. The molecular weight excluding hydrogens is 300 g/mol. The Morgan fingerprint density at radius 2 is 2.05 bits per heavy atom. The second-order valence-corrected chi connectivity index (χ2v) is 5.13. The topological polar surface area (TPSA) is 46.5 Å². The Labute approximate surface area is 134 Å². The number of carbonyl (C=O) groups is 1. The molecule has 0 unspecified atom stereocenters. The highest BCUT2D eigenvalue weighted by molar-refractivity contribution is 6.35. The average Bonchev–Trinajstić information content (AvgIpc) is 2.55. The first-order chi connectivity index (χ1) is 10.6. The second-order valence-electron chi connectivity index (χ2n) is 4.75. The summed E-state index contributed by atoms with van der Waals surface area (Å²) in [4.78, 5) is 12.3. The minimum Gasteiger partial charge on any atom is -0.506 e. The molecule has 0 atom stereocenters. The van der Waals surface area contributed by atoms with Crippen molar-refractivity contribution in [1.29, 1.82) is 0 Å². The van der Waals surface area contributed by atoms with E-state index in [4.69, 9.17) is 16.3 Å². The highest BCUT2D eigenvalue weighted by Gasteiger charge is 2.20. The van der Waals surface area contributed by atoms with Crippen molar-refractivity contribution in [2.45, 2.75) is 13.3 Å². The Morgan fingerprint density at radius 1 is 1.32 bits per heavy atom. The van der Waals surface area contributed by atoms with Crippen molar-refractivity contribution in [1.82, 2.24) is 0 Å². The van der Waals surface area contributed by atoms with Crippen LogP contribution in [0.5, 0.6) is 5.75 Å². The van der Waals surface area contributed by atoms with Gasteiger partial charge in [0.05, 0.1) is 17.2 Å². The van der Waals surface area contributed by atoms with Gasteiger partial charge in [-0.05, 0) is 29.7 Å². The van der Waals surface area contributed by atoms with Gasteiger partial charge >= 0.3 is 5.97 Å². The molecule has 0 aliphatic heterocycles. The van der Waals surface area contributed by atoms with E-state index in [0.29, 0.717) is 17.7 Å². The third kappa shape index (κ3) is 3.15. The molecule has 2 aromatic carbocycles. The Kier molecular flexibility index (Phi) is 5.23. The molecule has 0 saturated heterocycles. The second kappa shape index (κ2) is 7.14. The summed E-state index contributed by atoms with van der Waals surface area (Å²) >= 11 is 6.25. The van der Waals surface area contributed by atoms with Crippen LogP contribution in [0, 0.1) is 0 Å². The van der Waals surface area contributed by atoms with Gasteiger partial charge in [-0.3, -0.25) is 0 Å². The van der Waals surface area contributed by atoms with Crippen LogP contribution in [0.2, 0.25) is 5.02 Å². The lowest BCUT2D eigenvalue weighted by molar-refractivity contribution is 0.0506. The Balaban J connectivity index is 2.65. The van der Waals surface area contributed by atoms with Crippen LogP contribution in [-0.4, -0.2) is 17.7 Å². The molecule has 2 aromatic rings. The third-order valence-electron chi connectivity index (χ3n) is 3.23. The largest absolute Gasteiger partial charge is 0.506 e. The first kappa shape index (κ1) is 16.1. The van der Waals surface area contributed by atoms with Gasteiger partial charge < -0.3 is 9.84 Å². The van der Waals surface area contributed by atoms with Crippen molar-refractivity contribution < 1.29 is 14.6 Å². The van der Waals surface area contributed by atoms with Crippen molar-refractivity contribution in [2.75, 3.05) is 6.61 Å². The predicted octanol–water partition coefficient (Wildman–Crippen LogP) is 4.92. The van der Waals surface area contributed by atoms with Gasteiger partial charge in [0.15, 0.2) is 0 Å². The van der Waals surface area contributed by atoms with Crippen molar-refractivity contribution in [3.8, 4) is 16.9 Å². The van der Waals surface area contributed by atoms with Crippen molar-refractivity contribution in [3.63, 3.8) is 0 Å². The van der Waals surface area contributed by atoms with Crippen LogP contribution >= 0.6 is 11.6 Å². The molecule has 1 N–H and O–H groups in total. The lowest BCUT2D eigenvalue weighted by Gasteiger charge is -2.14. The molecule has 0 radical (unpaired) electrons. The molecule has 0 spiro atoms. The molecule has 0 amide bonds. The predicted molar refractivity (Wildman–Crippen MR) is 89.2 cm³/mol. The Bertz CT molecular complexity index is 707. The van der Waals surface area contributed by atoms with Gasteiger partial charge in [0.25, 0.3) is 0 Å². The first-order valence-corrected chi connectivity index (χ1v) is 7.38. The molecule has 0 saturated carbocycles. The van der Waals surface area contributed by atoms with E-state index in [-0.39, 0.29) is 10.8 Å². The number of phenolic OH excluding ortho intramolecular Hbond substituents is 1. The van der Waals surface area contributed by atoms with Gasteiger partial charge in [-0.2, -0.15) is 0 Å². The van der Waals surface area contributed by atoms with Gasteiger partial charge in [0.2, 0.25) is 0 Å². The zero-order valence-electron chi connectivity index (χ0n) is 12.3. The summed E-state index contributed by atoms with van der Waals surface area (Å²) in [7, 11) is 0. The molecule has 3 nitrogen and oxygen atoms in total. The number of hydrogen-bond donors (Lipinski definition) is 1. The van der Waals surface area contributed by atoms with Crippen LogP contribution < -0.4 is 0 Å². The molecule has 0 aliphatic rings. The number of hydrogen-bond acceptors (Lipinski definition) is 3. The monoisotopic (exact) mass is 316 g/mol.